The molecular weight excluding hydrogens is 344 g/mol. The zero-order valence-electron chi connectivity index (χ0n) is 17.0. The second-order valence-electron chi connectivity index (χ2n) is 7.38. The van der Waals surface area contributed by atoms with Crippen LogP contribution in [0.5, 0.6) is 0 Å². The van der Waals surface area contributed by atoms with Gasteiger partial charge in [0.25, 0.3) is 0 Å². The molecule has 0 unspecified atom stereocenters. The Labute approximate surface area is 162 Å². The molecule has 2 N–H and O–H groups in total. The molecule has 0 radical (unpaired) electrons. The molecule has 1 aromatic rings. The highest BCUT2D eigenvalue weighted by Crippen LogP contribution is 2.07. The van der Waals surface area contributed by atoms with Crippen molar-refractivity contribution in [2.24, 2.45) is 4.99 Å². The van der Waals surface area contributed by atoms with Gasteiger partial charge in [-0.1, -0.05) is 30.3 Å². The number of ether oxygens (including phenoxy) is 1. The van der Waals surface area contributed by atoms with Gasteiger partial charge in [0.1, 0.15) is 12.1 Å². The van der Waals surface area contributed by atoms with Crippen molar-refractivity contribution < 1.29 is 14.3 Å². The minimum absolute atomic E-state index is 0.0418. The van der Waals surface area contributed by atoms with Crippen LogP contribution in [-0.4, -0.2) is 62.1 Å². The van der Waals surface area contributed by atoms with E-state index in [0.29, 0.717) is 19.0 Å². The van der Waals surface area contributed by atoms with Gasteiger partial charge in [-0.2, -0.15) is 0 Å². The third kappa shape index (κ3) is 10.9. The Morgan fingerprint density at radius 1 is 1.07 bits per heavy atom. The summed E-state index contributed by atoms with van der Waals surface area (Å²) in [5, 5.41) is 6.28. The lowest BCUT2D eigenvalue weighted by Gasteiger charge is -2.19. The average Bonchev–Trinajstić information content (AvgIpc) is 2.58. The topological polar surface area (TPSA) is 83.0 Å². The van der Waals surface area contributed by atoms with Gasteiger partial charge in [-0.15, -0.1) is 0 Å². The first-order chi connectivity index (χ1) is 12.7. The van der Waals surface area contributed by atoms with Crippen molar-refractivity contribution in [2.75, 3.05) is 33.7 Å². The monoisotopic (exact) mass is 376 g/mol. The Bertz CT molecular complexity index is 622. The molecule has 0 aliphatic rings. The Hall–Kier alpha value is -2.57. The Morgan fingerprint density at radius 3 is 2.30 bits per heavy atom. The first kappa shape index (κ1) is 22.5. The van der Waals surface area contributed by atoms with Crippen molar-refractivity contribution in [3.8, 4) is 0 Å². The van der Waals surface area contributed by atoms with Crippen LogP contribution in [0.2, 0.25) is 0 Å². The summed E-state index contributed by atoms with van der Waals surface area (Å²) < 4.78 is 5.29. The second-order valence-corrected chi connectivity index (χ2v) is 7.38. The number of benzene rings is 1. The fraction of sp³-hybridized carbons (Fsp3) is 0.550. The quantitative estimate of drug-likeness (QED) is 0.409. The normalized spacial score (nSPS) is 11.7. The zero-order chi connectivity index (χ0) is 20.3. The number of amides is 1. The summed E-state index contributed by atoms with van der Waals surface area (Å²) in [5.41, 5.74) is 0.711. The van der Waals surface area contributed by atoms with E-state index in [1.54, 1.807) is 14.1 Å². The Morgan fingerprint density at radius 2 is 1.70 bits per heavy atom. The first-order valence-corrected chi connectivity index (χ1v) is 9.15. The molecule has 0 aliphatic carbocycles. The minimum Gasteiger partial charge on any atom is -0.460 e. The summed E-state index contributed by atoms with van der Waals surface area (Å²) in [6, 6.07) is 10.1. The van der Waals surface area contributed by atoms with Crippen LogP contribution < -0.4 is 10.6 Å². The number of likely N-dealkylation sites (N-methyl/N-ethyl adjacent to an activating group) is 1. The van der Waals surface area contributed by atoms with Gasteiger partial charge in [0, 0.05) is 27.2 Å². The maximum Gasteiger partial charge on any atom is 0.308 e. The number of nitrogens with zero attached hydrogens (tertiary/aromatic N) is 2. The number of esters is 1. The SMILES string of the molecule is CN(C)C(=O)CN=C(NCCC(=O)OC(C)(C)C)NCCc1ccccc1. The van der Waals surface area contributed by atoms with Crippen molar-refractivity contribution in [1.29, 1.82) is 0 Å². The highest BCUT2D eigenvalue weighted by Gasteiger charge is 2.15. The van der Waals surface area contributed by atoms with E-state index < -0.39 is 5.60 Å². The van der Waals surface area contributed by atoms with Gasteiger partial charge in [0.05, 0.1) is 6.42 Å². The fourth-order valence-corrected chi connectivity index (χ4v) is 2.11. The molecule has 0 saturated carbocycles. The predicted molar refractivity (Wildman–Crippen MR) is 108 cm³/mol. The molecule has 0 heterocycles. The number of hydrogen-bond acceptors (Lipinski definition) is 4. The lowest BCUT2D eigenvalue weighted by Crippen LogP contribution is -2.40. The Kier molecular flexibility index (Phi) is 9.33. The van der Waals surface area contributed by atoms with Gasteiger partial charge >= 0.3 is 5.97 Å². The molecule has 1 aromatic carbocycles. The van der Waals surface area contributed by atoms with Crippen LogP contribution in [0.1, 0.15) is 32.8 Å². The van der Waals surface area contributed by atoms with Gasteiger partial charge in [-0.3, -0.25) is 9.59 Å². The summed E-state index contributed by atoms with van der Waals surface area (Å²) in [6.07, 6.45) is 1.05. The first-order valence-electron chi connectivity index (χ1n) is 9.15. The highest BCUT2D eigenvalue weighted by molar-refractivity contribution is 5.85. The third-order valence-corrected chi connectivity index (χ3v) is 3.46. The number of aliphatic imine (C=N–C) groups is 1. The van der Waals surface area contributed by atoms with Crippen molar-refractivity contribution in [1.82, 2.24) is 15.5 Å². The molecule has 0 bridgehead atoms. The summed E-state index contributed by atoms with van der Waals surface area (Å²) >= 11 is 0. The molecular formula is C20H32N4O3. The smallest absolute Gasteiger partial charge is 0.308 e. The molecule has 0 saturated heterocycles. The van der Waals surface area contributed by atoms with E-state index in [9.17, 15) is 9.59 Å². The van der Waals surface area contributed by atoms with E-state index in [1.165, 1.54) is 10.5 Å². The van der Waals surface area contributed by atoms with Crippen LogP contribution >= 0.6 is 0 Å². The third-order valence-electron chi connectivity index (χ3n) is 3.46. The van der Waals surface area contributed by atoms with E-state index in [-0.39, 0.29) is 24.8 Å². The number of rotatable bonds is 8. The molecule has 7 heteroatoms. The van der Waals surface area contributed by atoms with Crippen molar-refractivity contribution in [3.05, 3.63) is 35.9 Å². The van der Waals surface area contributed by atoms with Crippen LogP contribution in [0.4, 0.5) is 0 Å². The maximum atomic E-state index is 11.8. The lowest BCUT2D eigenvalue weighted by atomic mass is 10.1. The molecule has 27 heavy (non-hydrogen) atoms. The number of carbonyl (C=O) groups excluding carboxylic acids is 2. The van der Waals surface area contributed by atoms with Crippen LogP contribution in [0.25, 0.3) is 0 Å². The van der Waals surface area contributed by atoms with Crippen LogP contribution in [0, 0.1) is 0 Å². The van der Waals surface area contributed by atoms with Gasteiger partial charge in [0.2, 0.25) is 5.91 Å². The minimum atomic E-state index is -0.500. The second kappa shape index (κ2) is 11.2. The summed E-state index contributed by atoms with van der Waals surface area (Å²) in [6.45, 7) is 6.59. The highest BCUT2D eigenvalue weighted by atomic mass is 16.6. The van der Waals surface area contributed by atoms with E-state index in [4.69, 9.17) is 4.74 Å². The zero-order valence-corrected chi connectivity index (χ0v) is 17.0. The number of nitrogens with one attached hydrogen (secondary N) is 2. The van der Waals surface area contributed by atoms with Gasteiger partial charge in [-0.05, 0) is 32.8 Å². The molecule has 7 nitrogen and oxygen atoms in total. The number of carbonyl (C=O) groups is 2. The average molecular weight is 377 g/mol. The molecule has 0 atom stereocenters. The molecule has 150 valence electrons. The standard InChI is InChI=1S/C20H32N4O3/c1-20(2,3)27-18(26)12-14-22-19(23-15-17(25)24(4)5)21-13-11-16-9-7-6-8-10-16/h6-10H,11-15H2,1-5H3,(H2,21,22,23). The number of hydrogen-bond donors (Lipinski definition) is 2. The van der Waals surface area contributed by atoms with Crippen molar-refractivity contribution >= 4 is 17.8 Å². The summed E-state index contributed by atoms with van der Waals surface area (Å²) in [4.78, 5) is 29.4. The largest absolute Gasteiger partial charge is 0.460 e. The van der Waals surface area contributed by atoms with Crippen molar-refractivity contribution in [2.45, 2.75) is 39.2 Å². The summed E-state index contributed by atoms with van der Waals surface area (Å²) in [7, 11) is 3.38. The number of guanidine groups is 1. The lowest BCUT2D eigenvalue weighted by molar-refractivity contribution is -0.154. The van der Waals surface area contributed by atoms with Crippen LogP contribution in [-0.2, 0) is 20.7 Å². The predicted octanol–water partition coefficient (Wildman–Crippen LogP) is 1.58. The molecule has 0 aromatic heterocycles. The Balaban J connectivity index is 2.53. The molecule has 1 rings (SSSR count). The van der Waals surface area contributed by atoms with E-state index in [2.05, 4.69) is 27.8 Å². The van der Waals surface area contributed by atoms with E-state index in [1.807, 2.05) is 39.0 Å². The van der Waals surface area contributed by atoms with E-state index in [0.717, 1.165) is 6.42 Å². The van der Waals surface area contributed by atoms with Gasteiger partial charge in [0.15, 0.2) is 5.96 Å². The van der Waals surface area contributed by atoms with Gasteiger partial charge < -0.3 is 20.3 Å². The molecule has 0 aliphatic heterocycles. The van der Waals surface area contributed by atoms with Crippen LogP contribution in [0.3, 0.4) is 0 Å². The molecule has 0 spiro atoms. The molecule has 1 amide bonds. The van der Waals surface area contributed by atoms with E-state index >= 15 is 0 Å². The van der Waals surface area contributed by atoms with Crippen molar-refractivity contribution in [3.63, 3.8) is 0 Å². The molecule has 0 fully saturated rings. The van der Waals surface area contributed by atoms with Gasteiger partial charge in [-0.25, -0.2) is 4.99 Å². The van der Waals surface area contributed by atoms with Crippen LogP contribution in [0.15, 0.2) is 35.3 Å². The fourth-order valence-electron chi connectivity index (χ4n) is 2.11. The maximum absolute atomic E-state index is 11.8. The summed E-state index contributed by atoms with van der Waals surface area (Å²) in [5.74, 6) is 0.138.